The number of aliphatic hydroxyl groups excluding tert-OH is 1. The number of amides is 3. The molecule has 2 heterocycles. The van der Waals surface area contributed by atoms with Crippen LogP contribution < -0.4 is 10.1 Å². The molecule has 0 unspecified atom stereocenters. The summed E-state index contributed by atoms with van der Waals surface area (Å²) in [5, 5.41) is 12.5. The van der Waals surface area contributed by atoms with Crippen molar-refractivity contribution >= 4 is 17.6 Å². The number of anilines is 1. The van der Waals surface area contributed by atoms with Gasteiger partial charge in [-0.2, -0.15) is 0 Å². The van der Waals surface area contributed by atoms with Gasteiger partial charge < -0.3 is 25.0 Å². The molecule has 1 aliphatic heterocycles. The van der Waals surface area contributed by atoms with Crippen LogP contribution in [-0.2, 0) is 0 Å². The molecule has 3 amide bonds. The van der Waals surface area contributed by atoms with Gasteiger partial charge in [-0.05, 0) is 31.2 Å². The van der Waals surface area contributed by atoms with Crippen molar-refractivity contribution in [1.82, 2.24) is 14.8 Å². The van der Waals surface area contributed by atoms with Gasteiger partial charge in [-0.25, -0.2) is 14.2 Å². The number of halogens is 1. The number of rotatable bonds is 5. The Labute approximate surface area is 211 Å². The van der Waals surface area contributed by atoms with E-state index in [1.54, 1.807) is 37.2 Å². The Morgan fingerprint density at radius 3 is 2.78 bits per heavy atom. The first-order valence-corrected chi connectivity index (χ1v) is 12.0. The molecule has 1 aliphatic rings. The lowest BCUT2D eigenvalue weighted by atomic mass is 10.00. The first-order chi connectivity index (χ1) is 17.1. The second kappa shape index (κ2) is 11.9. The molecule has 0 radical (unpaired) electrons. The standard InChI is InChI=1S/C27H33FN4O4/c1-17(2)9-10-20-11-23-25(29-13-20)36-24(18(3)14-32(26(23)34)19(4)16-33)15-31(5)27(35)30-22-8-6-7-21(28)12-22/h6-8,11-13,17-19,24,33H,14-16H2,1-5H3,(H,30,35)/t18-,19+,24-/m0/s1. The number of aromatic nitrogens is 1. The van der Waals surface area contributed by atoms with Gasteiger partial charge >= 0.3 is 6.03 Å². The summed E-state index contributed by atoms with van der Waals surface area (Å²) in [6.45, 7) is 7.94. The molecule has 9 heteroatoms. The molecular weight excluding hydrogens is 463 g/mol. The van der Waals surface area contributed by atoms with Crippen molar-refractivity contribution in [1.29, 1.82) is 0 Å². The third-order valence-corrected chi connectivity index (χ3v) is 5.90. The molecule has 0 bridgehead atoms. The maximum Gasteiger partial charge on any atom is 0.321 e. The summed E-state index contributed by atoms with van der Waals surface area (Å²) in [5.41, 5.74) is 1.19. The zero-order valence-corrected chi connectivity index (χ0v) is 21.3. The Balaban J connectivity index is 1.88. The van der Waals surface area contributed by atoms with E-state index in [9.17, 15) is 19.1 Å². The Hall–Kier alpha value is -3.64. The predicted octanol–water partition coefficient (Wildman–Crippen LogP) is 3.61. The molecule has 36 heavy (non-hydrogen) atoms. The number of benzene rings is 1. The maximum atomic E-state index is 13.5. The molecule has 1 aromatic heterocycles. The number of aliphatic hydroxyl groups is 1. The molecule has 3 rings (SSSR count). The van der Waals surface area contributed by atoms with Crippen LogP contribution >= 0.6 is 0 Å². The molecule has 0 saturated heterocycles. The number of urea groups is 1. The second-order valence-corrected chi connectivity index (χ2v) is 9.44. The first kappa shape index (κ1) is 27.0. The number of nitrogens with one attached hydrogen (secondary N) is 1. The number of carbonyl (C=O) groups excluding carboxylic acids is 2. The fourth-order valence-corrected chi connectivity index (χ4v) is 3.75. The van der Waals surface area contributed by atoms with Crippen LogP contribution in [0.15, 0.2) is 36.5 Å². The molecule has 1 aromatic carbocycles. The molecular formula is C27H33FN4O4. The van der Waals surface area contributed by atoms with Crippen LogP contribution in [0.2, 0.25) is 0 Å². The Morgan fingerprint density at radius 2 is 2.11 bits per heavy atom. The van der Waals surface area contributed by atoms with Crippen LogP contribution in [0, 0.1) is 29.5 Å². The summed E-state index contributed by atoms with van der Waals surface area (Å²) in [6.07, 6.45) is 1.05. The number of hydrogen-bond acceptors (Lipinski definition) is 5. The summed E-state index contributed by atoms with van der Waals surface area (Å²) < 4.78 is 19.7. The zero-order chi connectivity index (χ0) is 26.4. The first-order valence-electron chi connectivity index (χ1n) is 12.0. The molecule has 0 fully saturated rings. The fourth-order valence-electron chi connectivity index (χ4n) is 3.75. The van der Waals surface area contributed by atoms with Crippen LogP contribution in [0.3, 0.4) is 0 Å². The lowest BCUT2D eigenvalue weighted by molar-refractivity contribution is 0.0356. The number of nitrogens with zero attached hydrogens (tertiary/aromatic N) is 3. The molecule has 0 saturated carbocycles. The average molecular weight is 497 g/mol. The van der Waals surface area contributed by atoms with Gasteiger partial charge in [-0.3, -0.25) is 4.79 Å². The van der Waals surface area contributed by atoms with Crippen molar-refractivity contribution in [3.63, 3.8) is 0 Å². The van der Waals surface area contributed by atoms with Gasteiger partial charge in [0.15, 0.2) is 0 Å². The highest BCUT2D eigenvalue weighted by Gasteiger charge is 2.34. The van der Waals surface area contributed by atoms with E-state index in [0.29, 0.717) is 17.8 Å². The van der Waals surface area contributed by atoms with Crippen molar-refractivity contribution < 1.29 is 23.8 Å². The molecule has 0 aliphatic carbocycles. The summed E-state index contributed by atoms with van der Waals surface area (Å²) in [5.74, 6) is 5.46. The summed E-state index contributed by atoms with van der Waals surface area (Å²) in [4.78, 5) is 33.6. The van der Waals surface area contributed by atoms with E-state index in [2.05, 4.69) is 22.1 Å². The van der Waals surface area contributed by atoms with E-state index in [1.807, 2.05) is 20.8 Å². The fraction of sp³-hybridized carbons (Fsp3) is 0.444. The Bertz CT molecular complexity index is 1160. The molecule has 0 spiro atoms. The molecule has 3 atom stereocenters. The minimum atomic E-state index is -0.506. The lowest BCUT2D eigenvalue weighted by Gasteiger charge is -2.37. The summed E-state index contributed by atoms with van der Waals surface area (Å²) in [6, 6.07) is 6.46. The number of pyridine rings is 1. The number of likely N-dealkylation sites (N-methyl/N-ethyl adjacent to an activating group) is 1. The monoisotopic (exact) mass is 496 g/mol. The van der Waals surface area contributed by atoms with Gasteiger partial charge in [0.2, 0.25) is 5.88 Å². The Morgan fingerprint density at radius 1 is 1.36 bits per heavy atom. The van der Waals surface area contributed by atoms with E-state index in [-0.39, 0.29) is 42.3 Å². The van der Waals surface area contributed by atoms with Gasteiger partial charge in [-0.1, -0.05) is 38.7 Å². The third-order valence-electron chi connectivity index (χ3n) is 5.90. The Kier molecular flexibility index (Phi) is 8.88. The van der Waals surface area contributed by atoms with Crippen LogP contribution in [-0.4, -0.2) is 70.7 Å². The summed E-state index contributed by atoms with van der Waals surface area (Å²) >= 11 is 0. The largest absolute Gasteiger partial charge is 0.472 e. The molecule has 192 valence electrons. The quantitative estimate of drug-likeness (QED) is 0.617. The summed E-state index contributed by atoms with van der Waals surface area (Å²) in [7, 11) is 1.61. The highest BCUT2D eigenvalue weighted by molar-refractivity contribution is 5.97. The topological polar surface area (TPSA) is 95.0 Å². The highest BCUT2D eigenvalue weighted by Crippen LogP contribution is 2.27. The van der Waals surface area contributed by atoms with Gasteiger partial charge in [0.25, 0.3) is 5.91 Å². The van der Waals surface area contributed by atoms with Gasteiger partial charge in [0.1, 0.15) is 17.5 Å². The van der Waals surface area contributed by atoms with Crippen molar-refractivity contribution in [2.75, 3.05) is 32.1 Å². The van der Waals surface area contributed by atoms with Gasteiger partial charge in [0, 0.05) is 42.9 Å². The van der Waals surface area contributed by atoms with E-state index < -0.39 is 24.0 Å². The van der Waals surface area contributed by atoms with Crippen molar-refractivity contribution in [2.24, 2.45) is 11.8 Å². The number of fused-ring (bicyclic) bond motifs is 1. The van der Waals surface area contributed by atoms with Crippen molar-refractivity contribution in [2.45, 2.75) is 39.8 Å². The number of hydrogen-bond donors (Lipinski definition) is 2. The third kappa shape index (κ3) is 6.73. The molecule has 2 N–H and O–H groups in total. The van der Waals surface area contributed by atoms with E-state index in [4.69, 9.17) is 4.74 Å². The predicted molar refractivity (Wildman–Crippen MR) is 135 cm³/mol. The minimum absolute atomic E-state index is 0.153. The molecule has 8 nitrogen and oxygen atoms in total. The van der Waals surface area contributed by atoms with Crippen molar-refractivity contribution in [3.05, 3.63) is 53.5 Å². The smallest absolute Gasteiger partial charge is 0.321 e. The van der Waals surface area contributed by atoms with E-state index in [1.165, 1.54) is 23.1 Å². The van der Waals surface area contributed by atoms with Crippen LogP contribution in [0.4, 0.5) is 14.9 Å². The second-order valence-electron chi connectivity index (χ2n) is 9.44. The zero-order valence-electron chi connectivity index (χ0n) is 21.3. The van der Waals surface area contributed by atoms with E-state index >= 15 is 0 Å². The maximum absolute atomic E-state index is 13.5. The van der Waals surface area contributed by atoms with Crippen molar-refractivity contribution in [3.8, 4) is 17.7 Å². The van der Waals surface area contributed by atoms with Gasteiger partial charge in [-0.15, -0.1) is 0 Å². The molecule has 2 aromatic rings. The SMILES string of the molecule is CC(C)C#Cc1cnc2c(c1)C(=O)N([C@H](C)CO)C[C@H](C)[C@H](CN(C)C(=O)Nc1cccc(F)c1)O2. The van der Waals surface area contributed by atoms with Gasteiger partial charge in [0.05, 0.1) is 19.2 Å². The minimum Gasteiger partial charge on any atom is -0.472 e. The van der Waals surface area contributed by atoms with Crippen LogP contribution in [0.5, 0.6) is 5.88 Å². The van der Waals surface area contributed by atoms with Crippen LogP contribution in [0.25, 0.3) is 0 Å². The highest BCUT2D eigenvalue weighted by atomic mass is 19.1. The number of ether oxygens (including phenoxy) is 1. The normalized spacial score (nSPS) is 18.2. The number of carbonyl (C=O) groups is 2. The lowest BCUT2D eigenvalue weighted by Crippen LogP contribution is -2.50. The van der Waals surface area contributed by atoms with Crippen LogP contribution in [0.1, 0.15) is 43.6 Å². The average Bonchev–Trinajstić information content (AvgIpc) is 2.84. The van der Waals surface area contributed by atoms with E-state index in [0.717, 1.165) is 0 Å².